The molecule has 0 nitrogen and oxygen atoms in total. The van der Waals surface area contributed by atoms with Gasteiger partial charge in [0.05, 0.1) is 0 Å². The summed E-state index contributed by atoms with van der Waals surface area (Å²) in [4.78, 5) is 0. The van der Waals surface area contributed by atoms with E-state index in [4.69, 9.17) is 0 Å². The van der Waals surface area contributed by atoms with Gasteiger partial charge in [0, 0.05) is 0 Å². The van der Waals surface area contributed by atoms with E-state index in [1.165, 1.54) is 71.3 Å². The Kier molecular flexibility index (Phi) is 13.6. The van der Waals surface area contributed by atoms with Crippen molar-refractivity contribution in [2.45, 2.75) is 46.7 Å². The zero-order valence-corrected chi connectivity index (χ0v) is 31.9. The number of aryl methyl sites for hydroxylation is 2. The third-order valence-corrected chi connectivity index (χ3v) is 7.85. The van der Waals surface area contributed by atoms with Gasteiger partial charge in [-0.25, -0.2) is 0 Å². The molecule has 0 bridgehead atoms. The summed E-state index contributed by atoms with van der Waals surface area (Å²) in [7, 11) is 0. The quantitative estimate of drug-likeness (QED) is 0.152. The topological polar surface area (TPSA) is 0 Å². The number of benzene rings is 5. The maximum absolute atomic E-state index is 2.34. The minimum atomic E-state index is 0. The van der Waals surface area contributed by atoms with Gasteiger partial charge in [0.1, 0.15) is 0 Å². The second-order valence-electron chi connectivity index (χ2n) is 11.9. The van der Waals surface area contributed by atoms with Crippen LogP contribution in [0.15, 0.2) is 127 Å². The number of hydrogen-bond acceptors (Lipinski definition) is 0. The molecule has 0 N–H and O–H groups in total. The van der Waals surface area contributed by atoms with E-state index in [1.54, 1.807) is 23.3 Å². The van der Waals surface area contributed by atoms with Crippen molar-refractivity contribution in [2.75, 3.05) is 0 Å². The second-order valence-corrected chi connectivity index (χ2v) is 21.3. The van der Waals surface area contributed by atoms with E-state index in [-0.39, 0.29) is 30.2 Å². The Morgan fingerprint density at radius 2 is 1.20 bits per heavy atom. The molecule has 0 fully saturated rings. The first-order valence-corrected chi connectivity index (χ1v) is 21.3. The normalized spacial score (nSPS) is 10.4. The number of halogens is 2. The summed E-state index contributed by atoms with van der Waals surface area (Å²) in [5, 5.41) is 8.07. The molecule has 228 valence electrons. The maximum Gasteiger partial charge on any atom is -0.0114 e. The van der Waals surface area contributed by atoms with Gasteiger partial charge in [0.2, 0.25) is 0 Å². The van der Waals surface area contributed by atoms with E-state index < -0.39 is 0 Å². The first-order chi connectivity index (χ1) is 20.7. The average Bonchev–Trinajstić information content (AvgIpc) is 3.62. The van der Waals surface area contributed by atoms with E-state index in [9.17, 15) is 0 Å². The smallest absolute Gasteiger partial charge is 0.0114 e. The van der Waals surface area contributed by atoms with Crippen LogP contribution < -0.4 is 24.8 Å². The van der Waals surface area contributed by atoms with Crippen molar-refractivity contribution in [3.8, 4) is 22.3 Å². The van der Waals surface area contributed by atoms with Crippen LogP contribution in [0.2, 0.25) is 13.1 Å². The zero-order chi connectivity index (χ0) is 30.5. The van der Waals surface area contributed by atoms with E-state index in [0.717, 1.165) is 0 Å². The predicted molar refractivity (Wildman–Crippen MR) is 189 cm³/mol. The molecule has 0 amide bonds. The molecule has 0 spiro atoms. The summed E-state index contributed by atoms with van der Waals surface area (Å²) in [6, 6.07) is 46.1. The molecule has 7 aromatic rings. The Morgan fingerprint density at radius 1 is 0.600 bits per heavy atom. The van der Waals surface area contributed by atoms with Crippen LogP contribution in [0, 0.1) is 13.8 Å². The van der Waals surface area contributed by atoms with Crippen molar-refractivity contribution in [3.05, 3.63) is 144 Å². The first kappa shape index (κ1) is 36.7. The zero-order valence-electron chi connectivity index (χ0n) is 27.0. The molecule has 7 aromatic carbocycles. The molecule has 4 heteroatoms. The monoisotopic (exact) mass is 720 g/mol. The van der Waals surface area contributed by atoms with Crippen LogP contribution in [-0.2, 0) is 23.3 Å². The van der Waals surface area contributed by atoms with Gasteiger partial charge < -0.3 is 24.8 Å². The molecule has 45 heavy (non-hydrogen) atoms. The molecule has 0 saturated heterocycles. The van der Waals surface area contributed by atoms with Gasteiger partial charge in [-0.2, -0.15) is 12.1 Å². The molecule has 7 rings (SSSR count). The van der Waals surface area contributed by atoms with Crippen molar-refractivity contribution in [2.24, 2.45) is 0 Å². The van der Waals surface area contributed by atoms with E-state index in [0.29, 0.717) is 5.92 Å². The van der Waals surface area contributed by atoms with Gasteiger partial charge in [0.15, 0.2) is 0 Å². The number of rotatable bonds is 3. The van der Waals surface area contributed by atoms with Crippen LogP contribution >= 0.6 is 0 Å². The Labute approximate surface area is 296 Å². The van der Waals surface area contributed by atoms with Crippen LogP contribution in [0.5, 0.6) is 0 Å². The summed E-state index contributed by atoms with van der Waals surface area (Å²) in [6.07, 6.45) is 0. The minimum Gasteiger partial charge on any atom is -1.00 e. The number of fused-ring (bicyclic) bond motifs is 3. The van der Waals surface area contributed by atoms with Crippen molar-refractivity contribution in [1.29, 1.82) is 0 Å². The van der Waals surface area contributed by atoms with Gasteiger partial charge in [0.25, 0.3) is 0 Å². The largest absolute Gasteiger partial charge is 1.00 e. The Morgan fingerprint density at radius 3 is 1.91 bits per heavy atom. The van der Waals surface area contributed by atoms with Crippen molar-refractivity contribution in [1.82, 2.24) is 0 Å². The summed E-state index contributed by atoms with van der Waals surface area (Å²) in [6.45, 7) is 13.5. The van der Waals surface area contributed by atoms with Gasteiger partial charge in [-0.3, -0.25) is 0 Å². The fourth-order valence-corrected chi connectivity index (χ4v) is 5.75. The Balaban J connectivity index is 0.000000213. The third-order valence-electron chi connectivity index (χ3n) is 7.85. The molecule has 0 saturated carbocycles. The van der Waals surface area contributed by atoms with Crippen LogP contribution in [-0.4, -0.2) is 5.43 Å². The van der Waals surface area contributed by atoms with Gasteiger partial charge in [-0.05, 0) is 27.8 Å². The molecule has 0 atom stereocenters. The van der Waals surface area contributed by atoms with Crippen LogP contribution in [0.1, 0.15) is 36.5 Å². The molecule has 0 unspecified atom stereocenters. The summed E-state index contributed by atoms with van der Waals surface area (Å²) in [5.74, 6) is 0.584. The molecular weight excluding hydrogens is 683 g/mol. The van der Waals surface area contributed by atoms with Gasteiger partial charge in [-0.1, -0.05) is 124 Å². The molecule has 0 aliphatic carbocycles. The van der Waals surface area contributed by atoms with Crippen LogP contribution in [0.25, 0.3) is 54.6 Å². The number of hydrogen-bond donors (Lipinski definition) is 0. The maximum atomic E-state index is 2.34. The molecule has 0 heterocycles. The molecule has 0 aromatic heterocycles. The third kappa shape index (κ3) is 8.75. The fraction of sp³-hybridized carbons (Fsp3) is 0.171. The van der Waals surface area contributed by atoms with Crippen LogP contribution in [0.3, 0.4) is 0 Å². The Bertz CT molecular complexity index is 2010. The summed E-state index contributed by atoms with van der Waals surface area (Å²) >= 11 is 1.74. The minimum absolute atomic E-state index is 0. The second kappa shape index (κ2) is 16.7. The van der Waals surface area contributed by atoms with E-state index in [1.807, 2.05) is 0 Å². The average molecular weight is 723 g/mol. The van der Waals surface area contributed by atoms with Gasteiger partial charge in [-0.15, -0.1) is 68.6 Å². The van der Waals surface area contributed by atoms with Crippen LogP contribution in [0.4, 0.5) is 0 Å². The SMILES string of the molecule is CC(C)c1cc2c(-c3ccccc3)cccc2[cH-]1.C[Si](C)=[Zr+2].Cc1cc2c(-c3cccc4ccccc34)ccc(C)c2[cH-]1.[Cl-].[Cl-]. The summed E-state index contributed by atoms with van der Waals surface area (Å²) in [5.41, 5.74) is 9.60. The van der Waals surface area contributed by atoms with Crippen molar-refractivity contribution < 1.29 is 48.1 Å². The standard InChI is InChI=1S/C21H17.C18H17.C2H6Si.2ClH.Zr/c1-14-12-20-15(2)10-11-19(21(20)13-14)18-9-5-7-16-6-3-4-8-17(16)18;1-13(2)16-11-15-9-6-10-17(18(15)12-16)14-7-4-3-5-8-14;1-3-2;;;/h3-13H,1-2H3;3-13H,1-2H3;1-2H3;2*1H;/q2*-1;;;;+2/p-2. The van der Waals surface area contributed by atoms with E-state index in [2.05, 4.69) is 168 Å². The molecule has 0 radical (unpaired) electrons. The molecule has 0 aliphatic heterocycles. The molecule has 0 aliphatic rings. The molecular formula is C41H40Cl2SiZr-2. The van der Waals surface area contributed by atoms with Crippen molar-refractivity contribution >= 4 is 37.8 Å². The first-order valence-electron chi connectivity index (χ1n) is 15.1. The van der Waals surface area contributed by atoms with Gasteiger partial charge >= 0.3 is 41.9 Å². The van der Waals surface area contributed by atoms with E-state index >= 15 is 0 Å². The van der Waals surface area contributed by atoms with Crippen molar-refractivity contribution in [3.63, 3.8) is 0 Å². The predicted octanol–water partition coefficient (Wildman–Crippen LogP) is 6.14. The Hall–Kier alpha value is -2.74. The summed E-state index contributed by atoms with van der Waals surface area (Å²) < 4.78 is 0. The fourth-order valence-electron chi connectivity index (χ4n) is 5.75.